The summed E-state index contributed by atoms with van der Waals surface area (Å²) in [6, 6.07) is -1.54. The van der Waals surface area contributed by atoms with Gasteiger partial charge in [0.25, 0.3) is 0 Å². The molecule has 0 saturated carbocycles. The third-order valence-electron chi connectivity index (χ3n) is 1.85. The molecule has 0 radical (unpaired) electrons. The van der Waals surface area contributed by atoms with E-state index in [-0.39, 0.29) is 13.0 Å². The van der Waals surface area contributed by atoms with Gasteiger partial charge in [-0.15, -0.1) is 0 Å². The Morgan fingerprint density at radius 3 is 2.24 bits per heavy atom. The third-order valence-corrected chi connectivity index (χ3v) is 1.85. The SMILES string of the molecule is CC(C)N(CC(F)(F)F)C(=O)NCCC(=O)O. The molecule has 2 N–H and O–H groups in total. The Labute approximate surface area is 96.6 Å². The molecule has 2 amide bonds. The van der Waals surface area contributed by atoms with Gasteiger partial charge in [-0.25, -0.2) is 4.79 Å². The second-order valence-electron chi connectivity index (χ2n) is 3.71. The fourth-order valence-electron chi connectivity index (χ4n) is 1.06. The zero-order valence-electron chi connectivity index (χ0n) is 9.54. The van der Waals surface area contributed by atoms with Crippen LogP contribution in [0.1, 0.15) is 20.3 Å². The van der Waals surface area contributed by atoms with Crippen LogP contribution in [0.2, 0.25) is 0 Å². The molecule has 100 valence electrons. The Morgan fingerprint density at radius 1 is 1.35 bits per heavy atom. The Bertz CT molecular complexity index is 279. The van der Waals surface area contributed by atoms with Crippen molar-refractivity contribution in [1.82, 2.24) is 10.2 Å². The molecule has 0 rings (SSSR count). The number of urea groups is 1. The number of nitrogens with one attached hydrogen (secondary N) is 1. The second kappa shape index (κ2) is 6.31. The standard InChI is InChI=1S/C9H15F3N2O3/c1-6(2)14(5-9(10,11)12)8(17)13-4-3-7(15)16/h6H,3-5H2,1-2H3,(H,13,17)(H,15,16). The first kappa shape index (κ1) is 15.5. The minimum absolute atomic E-state index is 0.199. The zero-order valence-corrected chi connectivity index (χ0v) is 9.54. The van der Waals surface area contributed by atoms with Crippen LogP contribution >= 0.6 is 0 Å². The van der Waals surface area contributed by atoms with Gasteiger partial charge in [0.05, 0.1) is 6.42 Å². The lowest BCUT2D eigenvalue weighted by atomic mass is 10.3. The van der Waals surface area contributed by atoms with Crippen LogP contribution in [0.3, 0.4) is 0 Å². The van der Waals surface area contributed by atoms with Crippen molar-refractivity contribution in [3.63, 3.8) is 0 Å². The molecule has 0 unspecified atom stereocenters. The third kappa shape index (κ3) is 7.42. The highest BCUT2D eigenvalue weighted by molar-refractivity contribution is 5.75. The van der Waals surface area contributed by atoms with Gasteiger partial charge in [-0.1, -0.05) is 0 Å². The van der Waals surface area contributed by atoms with Gasteiger partial charge in [0, 0.05) is 12.6 Å². The number of halogens is 3. The van der Waals surface area contributed by atoms with Crippen LogP contribution < -0.4 is 5.32 Å². The van der Waals surface area contributed by atoms with E-state index in [0.29, 0.717) is 4.90 Å². The molecule has 0 aliphatic rings. The predicted molar refractivity (Wildman–Crippen MR) is 53.5 cm³/mol. The highest BCUT2D eigenvalue weighted by atomic mass is 19.4. The maximum absolute atomic E-state index is 12.2. The van der Waals surface area contributed by atoms with Crippen LogP contribution in [0.5, 0.6) is 0 Å². The van der Waals surface area contributed by atoms with Crippen molar-refractivity contribution in [3.8, 4) is 0 Å². The van der Waals surface area contributed by atoms with E-state index in [9.17, 15) is 22.8 Å². The van der Waals surface area contributed by atoms with E-state index in [0.717, 1.165) is 0 Å². The Balaban J connectivity index is 4.31. The summed E-state index contributed by atoms with van der Waals surface area (Å²) in [6.45, 7) is 1.34. The van der Waals surface area contributed by atoms with Crippen molar-refractivity contribution in [2.24, 2.45) is 0 Å². The molecule has 0 aliphatic carbocycles. The first-order valence-electron chi connectivity index (χ1n) is 4.96. The number of aliphatic carboxylic acids is 1. The van der Waals surface area contributed by atoms with Crippen LogP contribution in [0, 0.1) is 0 Å². The van der Waals surface area contributed by atoms with E-state index in [1.165, 1.54) is 13.8 Å². The van der Waals surface area contributed by atoms with Gasteiger partial charge in [0.2, 0.25) is 0 Å². The predicted octanol–water partition coefficient (Wildman–Crippen LogP) is 1.44. The molecule has 0 fully saturated rings. The van der Waals surface area contributed by atoms with Gasteiger partial charge in [-0.2, -0.15) is 13.2 Å². The molecule has 8 heteroatoms. The van der Waals surface area contributed by atoms with Gasteiger partial charge in [0.15, 0.2) is 0 Å². The number of carbonyl (C=O) groups excluding carboxylic acids is 1. The van der Waals surface area contributed by atoms with Crippen LogP contribution in [-0.2, 0) is 4.79 Å². The van der Waals surface area contributed by atoms with Gasteiger partial charge in [0.1, 0.15) is 6.54 Å². The van der Waals surface area contributed by atoms with Crippen molar-refractivity contribution >= 4 is 12.0 Å². The summed E-state index contributed by atoms with van der Waals surface area (Å²) < 4.78 is 36.5. The van der Waals surface area contributed by atoms with E-state index < -0.39 is 30.8 Å². The Kier molecular flexibility index (Phi) is 5.77. The lowest BCUT2D eigenvalue weighted by Gasteiger charge is -2.27. The maximum atomic E-state index is 12.2. The molecule has 0 bridgehead atoms. The minimum atomic E-state index is -4.48. The van der Waals surface area contributed by atoms with Crippen molar-refractivity contribution in [1.29, 1.82) is 0 Å². The highest BCUT2D eigenvalue weighted by Crippen LogP contribution is 2.17. The molecule has 17 heavy (non-hydrogen) atoms. The number of amides is 2. The molecule has 0 aromatic heterocycles. The number of nitrogens with zero attached hydrogens (tertiary/aromatic N) is 1. The number of alkyl halides is 3. The van der Waals surface area contributed by atoms with Crippen molar-refractivity contribution in [3.05, 3.63) is 0 Å². The molecular weight excluding hydrogens is 241 g/mol. The van der Waals surface area contributed by atoms with Crippen LogP contribution in [0.25, 0.3) is 0 Å². The zero-order chi connectivity index (χ0) is 13.6. The summed E-state index contributed by atoms with van der Waals surface area (Å²) in [5.74, 6) is -1.13. The molecule has 0 atom stereocenters. The molecule has 5 nitrogen and oxygen atoms in total. The number of carboxylic acid groups (broad SMARTS) is 1. The number of rotatable bonds is 5. The monoisotopic (exact) mass is 256 g/mol. The second-order valence-corrected chi connectivity index (χ2v) is 3.71. The Morgan fingerprint density at radius 2 is 1.88 bits per heavy atom. The number of hydrogen-bond donors (Lipinski definition) is 2. The summed E-state index contributed by atoms with van der Waals surface area (Å²) in [5, 5.41) is 10.4. The van der Waals surface area contributed by atoms with Crippen molar-refractivity contribution in [2.45, 2.75) is 32.5 Å². The van der Waals surface area contributed by atoms with Gasteiger partial charge >= 0.3 is 18.2 Å². The van der Waals surface area contributed by atoms with Crippen LogP contribution in [0.4, 0.5) is 18.0 Å². The average molecular weight is 256 g/mol. The number of carbonyl (C=O) groups is 2. The lowest BCUT2D eigenvalue weighted by Crippen LogP contribution is -2.48. The fraction of sp³-hybridized carbons (Fsp3) is 0.778. The first-order valence-corrected chi connectivity index (χ1v) is 4.96. The molecule has 0 aliphatic heterocycles. The summed E-state index contributed by atoms with van der Waals surface area (Å²) in [5.41, 5.74) is 0. The number of hydrogen-bond acceptors (Lipinski definition) is 2. The quantitative estimate of drug-likeness (QED) is 0.782. The topological polar surface area (TPSA) is 69.6 Å². The van der Waals surface area contributed by atoms with Gasteiger partial charge < -0.3 is 15.3 Å². The maximum Gasteiger partial charge on any atom is 0.406 e. The smallest absolute Gasteiger partial charge is 0.406 e. The fourth-order valence-corrected chi connectivity index (χ4v) is 1.06. The van der Waals surface area contributed by atoms with Crippen molar-refractivity contribution in [2.75, 3.05) is 13.1 Å². The van der Waals surface area contributed by atoms with Crippen LogP contribution in [-0.4, -0.2) is 47.3 Å². The molecule has 0 aromatic rings. The van der Waals surface area contributed by atoms with Gasteiger partial charge in [-0.3, -0.25) is 4.79 Å². The van der Waals surface area contributed by atoms with E-state index in [1.807, 2.05) is 0 Å². The lowest BCUT2D eigenvalue weighted by molar-refractivity contribution is -0.143. The number of carboxylic acids is 1. The Hall–Kier alpha value is -1.47. The minimum Gasteiger partial charge on any atom is -0.481 e. The molecule has 0 saturated heterocycles. The largest absolute Gasteiger partial charge is 0.481 e. The van der Waals surface area contributed by atoms with Crippen LogP contribution in [0.15, 0.2) is 0 Å². The average Bonchev–Trinajstić information content (AvgIpc) is 2.11. The van der Waals surface area contributed by atoms with E-state index >= 15 is 0 Å². The van der Waals surface area contributed by atoms with Crippen molar-refractivity contribution < 1.29 is 27.9 Å². The van der Waals surface area contributed by atoms with E-state index in [2.05, 4.69) is 5.32 Å². The van der Waals surface area contributed by atoms with E-state index in [4.69, 9.17) is 5.11 Å². The summed E-state index contributed by atoms with van der Waals surface area (Å²) in [6.07, 6.45) is -4.81. The molecular formula is C9H15F3N2O3. The molecule has 0 aromatic carbocycles. The summed E-state index contributed by atoms with van der Waals surface area (Å²) in [7, 11) is 0. The normalized spacial score (nSPS) is 11.4. The van der Waals surface area contributed by atoms with Gasteiger partial charge in [-0.05, 0) is 13.8 Å². The molecule has 0 spiro atoms. The molecule has 0 heterocycles. The first-order chi connectivity index (χ1) is 7.63. The summed E-state index contributed by atoms with van der Waals surface area (Å²) >= 11 is 0. The highest BCUT2D eigenvalue weighted by Gasteiger charge is 2.34. The summed E-state index contributed by atoms with van der Waals surface area (Å²) in [4.78, 5) is 22.1. The van der Waals surface area contributed by atoms with E-state index in [1.54, 1.807) is 0 Å².